The normalized spacial score (nSPS) is 12.0. The molecule has 0 radical (unpaired) electrons. The zero-order valence-corrected chi connectivity index (χ0v) is 15.5. The van der Waals surface area contributed by atoms with Crippen molar-refractivity contribution in [3.63, 3.8) is 0 Å². The second-order valence-corrected chi connectivity index (χ2v) is 6.52. The van der Waals surface area contributed by atoms with Crippen LogP contribution in [0.5, 0.6) is 5.75 Å². The average Bonchev–Trinajstić information content (AvgIpc) is 2.49. The molecule has 3 nitrogen and oxygen atoms in total. The molecule has 2 rings (SSSR count). The van der Waals surface area contributed by atoms with E-state index in [4.69, 9.17) is 21.1 Å². The largest absolute Gasteiger partial charge is 1.00 e. The van der Waals surface area contributed by atoms with Crippen LogP contribution in [0.3, 0.4) is 0 Å². The number of rotatable bonds is 6. The third-order valence-corrected chi connectivity index (χ3v) is 4.61. The first-order chi connectivity index (χ1) is 10.5. The van der Waals surface area contributed by atoms with E-state index in [1.54, 1.807) is 13.2 Å². The van der Waals surface area contributed by atoms with Gasteiger partial charge in [-0.1, -0.05) is 35.9 Å². The molecule has 23 heavy (non-hydrogen) atoms. The van der Waals surface area contributed by atoms with Gasteiger partial charge in [-0.2, -0.15) is 0 Å². The molecular weight excluding hydrogens is 326 g/mol. The Hall–Kier alpha value is -0.813. The van der Waals surface area contributed by atoms with E-state index < -0.39 is 0 Å². The molecule has 116 valence electrons. The van der Waals surface area contributed by atoms with Crippen molar-refractivity contribution >= 4 is 31.0 Å². The second kappa shape index (κ2) is 9.48. The number of benzene rings is 2. The zero-order chi connectivity index (χ0) is 16.1. The molecule has 0 fully saturated rings. The fourth-order valence-electron chi connectivity index (χ4n) is 1.97. The SMILES string of the molecule is COC(C)Oc1ccc(PC(=O)c2c(C)cccc2Cl)cc1.[Li+]. The summed E-state index contributed by atoms with van der Waals surface area (Å²) in [4.78, 5) is 12.4. The number of hydrogen-bond donors (Lipinski definition) is 0. The topological polar surface area (TPSA) is 35.5 Å². The number of methoxy groups -OCH3 is 1. The van der Waals surface area contributed by atoms with Gasteiger partial charge in [0.1, 0.15) is 5.75 Å². The Morgan fingerprint density at radius 2 is 1.83 bits per heavy atom. The van der Waals surface area contributed by atoms with Crippen molar-refractivity contribution in [1.29, 1.82) is 0 Å². The van der Waals surface area contributed by atoms with Crippen LogP contribution in [-0.2, 0) is 4.74 Å². The standard InChI is InChI=1S/C17H18ClO3P.Li/c1-11-5-4-6-15(18)16(11)17(19)22-14-9-7-13(8-10-14)21-12(2)20-3;/h4-10,12,22H,1-3H3;/q;+1. The Bertz CT molecular complexity index is 641. The Morgan fingerprint density at radius 1 is 1.17 bits per heavy atom. The summed E-state index contributed by atoms with van der Waals surface area (Å²) in [6, 6.07) is 12.9. The summed E-state index contributed by atoms with van der Waals surface area (Å²) in [7, 11) is 1.62. The molecular formula is C17H18ClLiO3P+. The van der Waals surface area contributed by atoms with Crippen LogP contribution in [0.15, 0.2) is 42.5 Å². The van der Waals surface area contributed by atoms with E-state index >= 15 is 0 Å². The van der Waals surface area contributed by atoms with Crippen LogP contribution >= 0.6 is 20.2 Å². The summed E-state index contributed by atoms with van der Waals surface area (Å²) in [6.07, 6.45) is -0.305. The van der Waals surface area contributed by atoms with Crippen LogP contribution in [0.1, 0.15) is 22.8 Å². The average molecular weight is 344 g/mol. The van der Waals surface area contributed by atoms with Crippen molar-refractivity contribution in [2.75, 3.05) is 7.11 Å². The van der Waals surface area contributed by atoms with Gasteiger partial charge in [0.15, 0.2) is 11.8 Å². The monoisotopic (exact) mass is 343 g/mol. The first-order valence-corrected chi connectivity index (χ1v) is 8.25. The molecule has 0 aliphatic rings. The molecule has 0 N–H and O–H groups in total. The first-order valence-electron chi connectivity index (χ1n) is 6.87. The van der Waals surface area contributed by atoms with Gasteiger partial charge >= 0.3 is 18.9 Å². The third kappa shape index (κ3) is 5.64. The van der Waals surface area contributed by atoms with E-state index in [0.29, 0.717) is 16.3 Å². The number of carbonyl (C=O) groups excluding carboxylic acids is 1. The summed E-state index contributed by atoms with van der Waals surface area (Å²) < 4.78 is 10.6. The van der Waals surface area contributed by atoms with Crippen LogP contribution in [-0.4, -0.2) is 18.9 Å². The number of aryl methyl sites for hydroxylation is 1. The van der Waals surface area contributed by atoms with Crippen LogP contribution in [0, 0.1) is 6.92 Å². The Morgan fingerprint density at radius 3 is 2.39 bits per heavy atom. The van der Waals surface area contributed by atoms with Crippen LogP contribution in [0.2, 0.25) is 5.02 Å². The van der Waals surface area contributed by atoms with E-state index in [-0.39, 0.29) is 39.3 Å². The van der Waals surface area contributed by atoms with Crippen LogP contribution in [0.25, 0.3) is 0 Å². The molecule has 0 aliphatic heterocycles. The number of carbonyl (C=O) groups is 1. The van der Waals surface area contributed by atoms with Gasteiger partial charge in [0, 0.05) is 12.7 Å². The van der Waals surface area contributed by atoms with E-state index in [2.05, 4.69) is 0 Å². The summed E-state index contributed by atoms with van der Waals surface area (Å²) in [5, 5.41) is 1.45. The molecule has 0 heterocycles. The molecule has 0 amide bonds. The van der Waals surface area contributed by atoms with Crippen molar-refractivity contribution in [3.8, 4) is 5.75 Å². The quantitative estimate of drug-likeness (QED) is 0.449. The van der Waals surface area contributed by atoms with Crippen molar-refractivity contribution < 1.29 is 33.1 Å². The number of hydrogen-bond acceptors (Lipinski definition) is 3. The van der Waals surface area contributed by atoms with Crippen molar-refractivity contribution in [2.24, 2.45) is 0 Å². The molecule has 0 saturated carbocycles. The van der Waals surface area contributed by atoms with Gasteiger partial charge in [-0.15, -0.1) is 0 Å². The fraction of sp³-hybridized carbons (Fsp3) is 0.235. The summed E-state index contributed by atoms with van der Waals surface area (Å²) in [5.41, 5.74) is 1.55. The maximum absolute atomic E-state index is 12.4. The van der Waals surface area contributed by atoms with Gasteiger partial charge in [0.05, 0.1) is 5.02 Å². The molecule has 0 aromatic heterocycles. The first kappa shape index (κ1) is 20.2. The second-order valence-electron chi connectivity index (χ2n) is 4.83. The van der Waals surface area contributed by atoms with Gasteiger partial charge in [-0.3, -0.25) is 4.79 Å². The predicted molar refractivity (Wildman–Crippen MR) is 92.0 cm³/mol. The minimum Gasteiger partial charge on any atom is -0.465 e. The fourth-order valence-corrected chi connectivity index (χ4v) is 3.41. The van der Waals surface area contributed by atoms with Gasteiger partial charge in [-0.05, 0) is 51.5 Å². The van der Waals surface area contributed by atoms with Crippen molar-refractivity contribution in [3.05, 3.63) is 58.6 Å². The van der Waals surface area contributed by atoms with E-state index in [1.807, 2.05) is 50.2 Å². The smallest absolute Gasteiger partial charge is 0.465 e. The number of ether oxygens (including phenoxy) is 2. The van der Waals surface area contributed by atoms with E-state index in [1.165, 1.54) is 0 Å². The molecule has 0 spiro atoms. The summed E-state index contributed by atoms with van der Waals surface area (Å²) in [5.74, 6) is 0.712. The molecule has 0 bridgehead atoms. The molecule has 0 saturated heterocycles. The molecule has 0 aliphatic carbocycles. The maximum atomic E-state index is 12.4. The molecule has 2 unspecified atom stereocenters. The van der Waals surface area contributed by atoms with Crippen molar-refractivity contribution in [2.45, 2.75) is 20.1 Å². The minimum absolute atomic E-state index is 0. The summed E-state index contributed by atoms with van der Waals surface area (Å²) in [6.45, 7) is 3.71. The number of halogens is 1. The molecule has 2 atom stereocenters. The van der Waals surface area contributed by atoms with Gasteiger partial charge in [-0.25, -0.2) is 0 Å². The summed E-state index contributed by atoms with van der Waals surface area (Å²) >= 11 is 6.14. The minimum atomic E-state index is -0.305. The Balaban J connectivity index is 0.00000264. The van der Waals surface area contributed by atoms with Crippen molar-refractivity contribution in [1.82, 2.24) is 0 Å². The van der Waals surface area contributed by atoms with E-state index in [0.717, 1.165) is 10.9 Å². The van der Waals surface area contributed by atoms with Crippen LogP contribution < -0.4 is 28.9 Å². The van der Waals surface area contributed by atoms with Gasteiger partial charge in [0.25, 0.3) is 0 Å². The predicted octanol–water partition coefficient (Wildman–Crippen LogP) is 1.17. The maximum Gasteiger partial charge on any atom is 1.00 e. The Labute approximate surface area is 155 Å². The molecule has 2 aromatic carbocycles. The van der Waals surface area contributed by atoms with Gasteiger partial charge in [0.2, 0.25) is 0 Å². The Kier molecular flexibility index (Phi) is 8.34. The van der Waals surface area contributed by atoms with Crippen LogP contribution in [0.4, 0.5) is 0 Å². The van der Waals surface area contributed by atoms with Gasteiger partial charge < -0.3 is 9.47 Å². The molecule has 2 aromatic rings. The van der Waals surface area contributed by atoms with E-state index in [9.17, 15) is 4.79 Å². The molecule has 6 heteroatoms. The third-order valence-electron chi connectivity index (χ3n) is 3.20. The zero-order valence-electron chi connectivity index (χ0n) is 13.7.